The van der Waals surface area contributed by atoms with Crippen LogP contribution < -0.4 is 20.7 Å². The maximum atomic E-state index is 12.0. The number of ether oxygens (including phenoxy) is 1. The minimum atomic E-state index is 0. The van der Waals surface area contributed by atoms with E-state index in [1.165, 1.54) is 0 Å². The molecule has 7 heteroatoms. The molecule has 0 fully saturated rings. The normalized spacial score (nSPS) is 15.5. The highest BCUT2D eigenvalue weighted by molar-refractivity contribution is 14.0. The van der Waals surface area contributed by atoms with E-state index in [2.05, 4.69) is 45.2 Å². The van der Waals surface area contributed by atoms with Crippen molar-refractivity contribution >= 4 is 52.3 Å². The zero-order valence-electron chi connectivity index (χ0n) is 17.4. The van der Waals surface area contributed by atoms with Crippen LogP contribution in [0.4, 0.5) is 5.69 Å². The molecule has 1 unspecified atom stereocenters. The Labute approximate surface area is 199 Å². The number of amides is 1. The molecule has 3 aromatic carbocycles. The predicted octanol–water partition coefficient (Wildman–Crippen LogP) is 4.13. The summed E-state index contributed by atoms with van der Waals surface area (Å²) in [7, 11) is 1.74. The molecule has 1 amide bonds. The number of benzene rings is 3. The molecule has 162 valence electrons. The van der Waals surface area contributed by atoms with Gasteiger partial charge in [0.25, 0.3) is 0 Å². The van der Waals surface area contributed by atoms with Gasteiger partial charge in [0.1, 0.15) is 12.4 Å². The van der Waals surface area contributed by atoms with Gasteiger partial charge in [-0.05, 0) is 23.1 Å². The van der Waals surface area contributed by atoms with E-state index >= 15 is 0 Å². The second-order valence-corrected chi connectivity index (χ2v) is 7.24. The lowest BCUT2D eigenvalue weighted by atomic mass is 9.90. The van der Waals surface area contributed by atoms with Crippen LogP contribution in [0.5, 0.6) is 5.75 Å². The molecule has 1 atom stereocenters. The molecule has 0 radical (unpaired) electrons. The van der Waals surface area contributed by atoms with Crippen molar-refractivity contribution in [1.82, 2.24) is 10.6 Å². The fraction of sp³-hybridized carbons (Fsp3) is 0.250. The first kappa shape index (κ1) is 22.9. The minimum absolute atomic E-state index is 0. The van der Waals surface area contributed by atoms with Crippen molar-refractivity contribution in [2.24, 2.45) is 4.99 Å². The first-order valence-corrected chi connectivity index (χ1v) is 10.2. The van der Waals surface area contributed by atoms with Gasteiger partial charge in [-0.3, -0.25) is 9.79 Å². The van der Waals surface area contributed by atoms with Gasteiger partial charge in [-0.15, -0.1) is 24.0 Å². The van der Waals surface area contributed by atoms with E-state index < -0.39 is 0 Å². The standard InChI is InChI=1S/C24H26N4O2.HI/c1-25-24(27-16-18-15-23(29)28-21-11-5-4-9-19(18)21)26-13-14-30-22-12-6-8-17-7-2-3-10-20(17)22;/h2-12,18H,13-16H2,1H3,(H,28,29)(H2,25,26,27);1H. The van der Waals surface area contributed by atoms with E-state index in [9.17, 15) is 4.79 Å². The molecule has 4 rings (SSSR count). The molecular formula is C24H27IN4O2. The van der Waals surface area contributed by atoms with E-state index in [1.807, 2.05) is 42.5 Å². The van der Waals surface area contributed by atoms with E-state index in [0.717, 1.165) is 27.8 Å². The molecule has 0 aromatic heterocycles. The van der Waals surface area contributed by atoms with Crippen molar-refractivity contribution in [3.05, 3.63) is 72.3 Å². The maximum Gasteiger partial charge on any atom is 0.225 e. The van der Waals surface area contributed by atoms with Crippen LogP contribution in [-0.2, 0) is 4.79 Å². The van der Waals surface area contributed by atoms with Gasteiger partial charge in [0, 0.05) is 37.0 Å². The van der Waals surface area contributed by atoms with Gasteiger partial charge in [0.05, 0.1) is 6.54 Å². The summed E-state index contributed by atoms with van der Waals surface area (Å²) in [6.45, 7) is 1.77. The third-order valence-corrected chi connectivity index (χ3v) is 5.25. The Morgan fingerprint density at radius 3 is 2.71 bits per heavy atom. The van der Waals surface area contributed by atoms with Gasteiger partial charge in [-0.25, -0.2) is 0 Å². The highest BCUT2D eigenvalue weighted by Crippen LogP contribution is 2.31. The van der Waals surface area contributed by atoms with Gasteiger partial charge >= 0.3 is 0 Å². The lowest BCUT2D eigenvalue weighted by Crippen LogP contribution is -2.42. The molecular weight excluding hydrogens is 503 g/mol. The number of aliphatic imine (C=N–C) groups is 1. The lowest BCUT2D eigenvalue weighted by molar-refractivity contribution is -0.116. The number of para-hydroxylation sites is 1. The fourth-order valence-corrected chi connectivity index (χ4v) is 3.78. The van der Waals surface area contributed by atoms with E-state index in [1.54, 1.807) is 7.05 Å². The van der Waals surface area contributed by atoms with Crippen LogP contribution in [0.2, 0.25) is 0 Å². The summed E-state index contributed by atoms with van der Waals surface area (Å²) in [6.07, 6.45) is 0.463. The maximum absolute atomic E-state index is 12.0. The summed E-state index contributed by atoms with van der Waals surface area (Å²) in [6, 6.07) is 22.2. The first-order chi connectivity index (χ1) is 14.7. The molecule has 0 aliphatic carbocycles. The van der Waals surface area contributed by atoms with E-state index in [0.29, 0.717) is 32.1 Å². The number of carbonyl (C=O) groups is 1. The quantitative estimate of drug-likeness (QED) is 0.194. The third-order valence-electron chi connectivity index (χ3n) is 5.25. The number of nitrogens with zero attached hydrogens (tertiary/aromatic N) is 1. The summed E-state index contributed by atoms with van der Waals surface area (Å²) in [5, 5.41) is 11.8. The number of nitrogens with one attached hydrogen (secondary N) is 3. The fourth-order valence-electron chi connectivity index (χ4n) is 3.78. The minimum Gasteiger partial charge on any atom is -0.491 e. The average Bonchev–Trinajstić information content (AvgIpc) is 2.78. The Kier molecular flexibility index (Phi) is 8.11. The smallest absolute Gasteiger partial charge is 0.225 e. The van der Waals surface area contributed by atoms with Gasteiger partial charge in [0.15, 0.2) is 5.96 Å². The number of guanidine groups is 1. The number of halogens is 1. The highest BCUT2D eigenvalue weighted by Gasteiger charge is 2.24. The SMILES string of the molecule is CN=C(NCCOc1cccc2ccccc12)NCC1CC(=O)Nc2ccccc21.I. The van der Waals surface area contributed by atoms with Gasteiger partial charge in [0.2, 0.25) is 5.91 Å². The molecule has 1 aliphatic rings. The summed E-state index contributed by atoms with van der Waals surface area (Å²) in [5.41, 5.74) is 2.05. The van der Waals surface area contributed by atoms with Crippen molar-refractivity contribution in [3.8, 4) is 5.75 Å². The molecule has 31 heavy (non-hydrogen) atoms. The Morgan fingerprint density at radius 2 is 1.84 bits per heavy atom. The zero-order valence-corrected chi connectivity index (χ0v) is 19.8. The number of anilines is 1. The van der Waals surface area contributed by atoms with Crippen molar-refractivity contribution in [2.45, 2.75) is 12.3 Å². The van der Waals surface area contributed by atoms with Crippen molar-refractivity contribution in [1.29, 1.82) is 0 Å². The van der Waals surface area contributed by atoms with Crippen molar-refractivity contribution in [2.75, 3.05) is 32.1 Å². The van der Waals surface area contributed by atoms with Gasteiger partial charge in [-0.1, -0.05) is 54.6 Å². The molecule has 0 saturated carbocycles. The van der Waals surface area contributed by atoms with Crippen LogP contribution in [0.15, 0.2) is 71.7 Å². The van der Waals surface area contributed by atoms with Crippen LogP contribution in [0, 0.1) is 0 Å². The highest BCUT2D eigenvalue weighted by atomic mass is 127. The predicted molar refractivity (Wildman–Crippen MR) is 137 cm³/mol. The molecule has 0 spiro atoms. The van der Waals surface area contributed by atoms with E-state index in [4.69, 9.17) is 4.74 Å². The first-order valence-electron chi connectivity index (χ1n) is 10.2. The summed E-state index contributed by atoms with van der Waals surface area (Å²) in [5.74, 6) is 1.73. The lowest BCUT2D eigenvalue weighted by Gasteiger charge is -2.26. The molecule has 1 heterocycles. The topological polar surface area (TPSA) is 74.8 Å². The summed E-state index contributed by atoms with van der Waals surface area (Å²) >= 11 is 0. The number of hydrogen-bond donors (Lipinski definition) is 3. The largest absolute Gasteiger partial charge is 0.491 e. The summed E-state index contributed by atoms with van der Waals surface area (Å²) < 4.78 is 5.97. The Bertz CT molecular complexity index is 1060. The molecule has 3 aromatic rings. The molecule has 0 bridgehead atoms. The van der Waals surface area contributed by atoms with Crippen LogP contribution in [0.25, 0.3) is 10.8 Å². The molecule has 0 saturated heterocycles. The Balaban J connectivity index is 0.00000272. The molecule has 6 nitrogen and oxygen atoms in total. The van der Waals surface area contributed by atoms with Gasteiger partial charge < -0.3 is 20.7 Å². The van der Waals surface area contributed by atoms with Crippen LogP contribution in [-0.4, -0.2) is 38.6 Å². The summed E-state index contributed by atoms with van der Waals surface area (Å²) in [4.78, 5) is 16.3. The second-order valence-electron chi connectivity index (χ2n) is 7.24. The van der Waals surface area contributed by atoms with Gasteiger partial charge in [-0.2, -0.15) is 0 Å². The number of fused-ring (bicyclic) bond motifs is 2. The number of hydrogen-bond acceptors (Lipinski definition) is 3. The second kappa shape index (κ2) is 11.0. The Morgan fingerprint density at radius 1 is 1.06 bits per heavy atom. The van der Waals surface area contributed by atoms with Crippen molar-refractivity contribution < 1.29 is 9.53 Å². The third kappa shape index (κ3) is 5.66. The van der Waals surface area contributed by atoms with Crippen molar-refractivity contribution in [3.63, 3.8) is 0 Å². The molecule has 3 N–H and O–H groups in total. The number of carbonyl (C=O) groups excluding carboxylic acids is 1. The molecule has 1 aliphatic heterocycles. The Hall–Kier alpha value is -2.81. The van der Waals surface area contributed by atoms with Crippen LogP contribution in [0.3, 0.4) is 0 Å². The zero-order chi connectivity index (χ0) is 20.8. The van der Waals surface area contributed by atoms with E-state index in [-0.39, 0.29) is 35.8 Å². The van der Waals surface area contributed by atoms with Crippen LogP contribution >= 0.6 is 24.0 Å². The monoisotopic (exact) mass is 530 g/mol. The number of rotatable bonds is 6. The average molecular weight is 530 g/mol. The van der Waals surface area contributed by atoms with Crippen LogP contribution in [0.1, 0.15) is 17.9 Å².